The number of halogens is 1. The second-order valence-corrected chi connectivity index (χ2v) is 3.48. The average Bonchev–Trinajstić information content (AvgIpc) is 2.10. The lowest BCUT2D eigenvalue weighted by molar-refractivity contribution is 0.0921. The van der Waals surface area contributed by atoms with Gasteiger partial charge in [-0.25, -0.2) is 0 Å². The fourth-order valence-electron chi connectivity index (χ4n) is 1.10. The molecule has 1 unspecified atom stereocenters. The van der Waals surface area contributed by atoms with Gasteiger partial charge in [-0.05, 0) is 25.1 Å². The van der Waals surface area contributed by atoms with Crippen LogP contribution in [0.5, 0.6) is 5.75 Å². The molecule has 0 saturated heterocycles. The maximum absolute atomic E-state index is 5.93. The zero-order valence-corrected chi connectivity index (χ0v) is 9.04. The molecule has 2 N–H and O–H groups in total. The van der Waals surface area contributed by atoms with Crippen molar-refractivity contribution >= 4 is 17.3 Å². The summed E-state index contributed by atoms with van der Waals surface area (Å²) in [6, 6.07) is 5.17. The van der Waals surface area contributed by atoms with Crippen molar-refractivity contribution in [3.8, 4) is 5.75 Å². The van der Waals surface area contributed by atoms with Gasteiger partial charge in [0.05, 0.1) is 11.6 Å². The summed E-state index contributed by atoms with van der Waals surface area (Å²) in [4.78, 5) is 0. The highest BCUT2D eigenvalue weighted by atomic mass is 35.5. The molecule has 0 aliphatic carbocycles. The minimum absolute atomic E-state index is 0.0267. The molecule has 14 heavy (non-hydrogen) atoms. The number of nitrogen functional groups attached to an aromatic ring is 1. The van der Waals surface area contributed by atoms with Gasteiger partial charge in [0.1, 0.15) is 11.9 Å². The van der Waals surface area contributed by atoms with E-state index in [0.29, 0.717) is 23.1 Å². The Morgan fingerprint density at radius 2 is 2.21 bits per heavy atom. The molecule has 1 aromatic rings. The Morgan fingerprint density at radius 1 is 1.50 bits per heavy atom. The standard InChI is InChI=1S/C10H14ClNO2/c1-7(6-13-2)14-10-4-3-8(12)5-9(10)11/h3-5,7H,6,12H2,1-2H3. The number of methoxy groups -OCH3 is 1. The molecule has 0 aliphatic heterocycles. The van der Waals surface area contributed by atoms with Crippen LogP contribution in [0.1, 0.15) is 6.92 Å². The highest BCUT2D eigenvalue weighted by molar-refractivity contribution is 6.32. The lowest BCUT2D eigenvalue weighted by Crippen LogP contribution is -2.18. The summed E-state index contributed by atoms with van der Waals surface area (Å²) in [5, 5.41) is 0.521. The molecule has 1 atom stereocenters. The molecule has 0 heterocycles. The molecular weight excluding hydrogens is 202 g/mol. The van der Waals surface area contributed by atoms with Gasteiger partial charge in [-0.15, -0.1) is 0 Å². The Morgan fingerprint density at radius 3 is 2.79 bits per heavy atom. The molecule has 0 aromatic heterocycles. The summed E-state index contributed by atoms with van der Waals surface area (Å²) in [6.07, 6.45) is -0.0267. The fourth-order valence-corrected chi connectivity index (χ4v) is 1.33. The normalized spacial score (nSPS) is 12.5. The van der Waals surface area contributed by atoms with E-state index in [-0.39, 0.29) is 6.10 Å². The summed E-state index contributed by atoms with van der Waals surface area (Å²) >= 11 is 5.93. The van der Waals surface area contributed by atoms with Crippen molar-refractivity contribution in [2.45, 2.75) is 13.0 Å². The van der Waals surface area contributed by atoms with E-state index in [1.807, 2.05) is 6.92 Å². The fraction of sp³-hybridized carbons (Fsp3) is 0.400. The summed E-state index contributed by atoms with van der Waals surface area (Å²) in [5.74, 6) is 0.630. The average molecular weight is 216 g/mol. The number of hydrogen-bond donors (Lipinski definition) is 1. The van der Waals surface area contributed by atoms with Gasteiger partial charge >= 0.3 is 0 Å². The topological polar surface area (TPSA) is 44.5 Å². The molecule has 0 aliphatic rings. The van der Waals surface area contributed by atoms with Gasteiger partial charge in [-0.3, -0.25) is 0 Å². The number of ether oxygens (including phenoxy) is 2. The highest BCUT2D eigenvalue weighted by Crippen LogP contribution is 2.27. The van der Waals surface area contributed by atoms with E-state index in [0.717, 1.165) is 0 Å². The Bertz CT molecular complexity index is 304. The summed E-state index contributed by atoms with van der Waals surface area (Å²) < 4.78 is 10.5. The second kappa shape index (κ2) is 5.08. The third kappa shape index (κ3) is 3.09. The SMILES string of the molecule is COCC(C)Oc1ccc(N)cc1Cl. The van der Waals surface area contributed by atoms with E-state index >= 15 is 0 Å². The first kappa shape index (κ1) is 11.1. The third-order valence-corrected chi connectivity index (χ3v) is 1.98. The van der Waals surface area contributed by atoms with Crippen LogP contribution < -0.4 is 10.5 Å². The van der Waals surface area contributed by atoms with Crippen molar-refractivity contribution in [2.24, 2.45) is 0 Å². The van der Waals surface area contributed by atoms with Crippen LogP contribution in [0, 0.1) is 0 Å². The first-order valence-corrected chi connectivity index (χ1v) is 4.72. The number of hydrogen-bond acceptors (Lipinski definition) is 3. The minimum atomic E-state index is -0.0267. The van der Waals surface area contributed by atoms with E-state index < -0.39 is 0 Å². The van der Waals surface area contributed by atoms with E-state index in [9.17, 15) is 0 Å². The van der Waals surface area contributed by atoms with Crippen LogP contribution in [-0.2, 0) is 4.74 Å². The first-order chi connectivity index (χ1) is 6.63. The van der Waals surface area contributed by atoms with Crippen molar-refractivity contribution in [1.82, 2.24) is 0 Å². The van der Waals surface area contributed by atoms with Gasteiger partial charge in [0.15, 0.2) is 0 Å². The summed E-state index contributed by atoms with van der Waals surface area (Å²) in [7, 11) is 1.63. The van der Waals surface area contributed by atoms with Gasteiger partial charge < -0.3 is 15.2 Å². The Kier molecular flexibility index (Phi) is 4.04. The highest BCUT2D eigenvalue weighted by Gasteiger charge is 2.06. The van der Waals surface area contributed by atoms with Crippen LogP contribution >= 0.6 is 11.6 Å². The zero-order chi connectivity index (χ0) is 10.6. The Labute approximate surface area is 88.8 Å². The number of anilines is 1. The van der Waals surface area contributed by atoms with Gasteiger partial charge in [-0.1, -0.05) is 11.6 Å². The largest absolute Gasteiger partial charge is 0.487 e. The Hall–Kier alpha value is -0.930. The van der Waals surface area contributed by atoms with Crippen molar-refractivity contribution in [3.63, 3.8) is 0 Å². The van der Waals surface area contributed by atoms with Crippen LogP contribution in [0.4, 0.5) is 5.69 Å². The van der Waals surface area contributed by atoms with Gasteiger partial charge in [0, 0.05) is 12.8 Å². The van der Waals surface area contributed by atoms with Crippen LogP contribution in [0.25, 0.3) is 0 Å². The smallest absolute Gasteiger partial charge is 0.138 e. The predicted octanol–water partition coefficient (Wildman–Crippen LogP) is 2.34. The summed E-state index contributed by atoms with van der Waals surface area (Å²) in [6.45, 7) is 2.44. The second-order valence-electron chi connectivity index (χ2n) is 3.07. The van der Waals surface area contributed by atoms with Crippen LogP contribution in [-0.4, -0.2) is 19.8 Å². The van der Waals surface area contributed by atoms with Crippen LogP contribution in [0.2, 0.25) is 5.02 Å². The van der Waals surface area contributed by atoms with E-state index in [4.69, 9.17) is 26.8 Å². The van der Waals surface area contributed by atoms with Crippen LogP contribution in [0.3, 0.4) is 0 Å². The summed E-state index contributed by atoms with van der Waals surface area (Å²) in [5.41, 5.74) is 6.18. The van der Waals surface area contributed by atoms with Gasteiger partial charge in [0.2, 0.25) is 0 Å². The molecule has 1 aromatic carbocycles. The lowest BCUT2D eigenvalue weighted by Gasteiger charge is -2.14. The molecule has 1 rings (SSSR count). The van der Waals surface area contributed by atoms with Crippen molar-refractivity contribution in [3.05, 3.63) is 23.2 Å². The third-order valence-electron chi connectivity index (χ3n) is 1.69. The lowest BCUT2D eigenvalue weighted by atomic mass is 10.3. The maximum atomic E-state index is 5.93. The number of rotatable bonds is 4. The van der Waals surface area contributed by atoms with Gasteiger partial charge in [0.25, 0.3) is 0 Å². The van der Waals surface area contributed by atoms with Crippen molar-refractivity contribution < 1.29 is 9.47 Å². The number of nitrogens with two attached hydrogens (primary N) is 1. The van der Waals surface area contributed by atoms with Gasteiger partial charge in [-0.2, -0.15) is 0 Å². The molecule has 0 fully saturated rings. The van der Waals surface area contributed by atoms with Crippen molar-refractivity contribution in [2.75, 3.05) is 19.5 Å². The Balaban J connectivity index is 2.67. The molecule has 0 saturated carbocycles. The number of benzene rings is 1. The predicted molar refractivity (Wildman–Crippen MR) is 57.8 cm³/mol. The maximum Gasteiger partial charge on any atom is 0.138 e. The molecular formula is C10H14ClNO2. The molecule has 4 heteroatoms. The zero-order valence-electron chi connectivity index (χ0n) is 8.29. The minimum Gasteiger partial charge on any atom is -0.487 e. The van der Waals surface area contributed by atoms with E-state index in [1.165, 1.54) is 0 Å². The molecule has 0 bridgehead atoms. The molecule has 0 amide bonds. The van der Waals surface area contributed by atoms with E-state index in [2.05, 4.69) is 0 Å². The monoisotopic (exact) mass is 215 g/mol. The molecule has 0 radical (unpaired) electrons. The molecule has 0 spiro atoms. The van der Waals surface area contributed by atoms with E-state index in [1.54, 1.807) is 25.3 Å². The van der Waals surface area contributed by atoms with Crippen molar-refractivity contribution in [1.29, 1.82) is 0 Å². The quantitative estimate of drug-likeness (QED) is 0.785. The molecule has 3 nitrogen and oxygen atoms in total. The first-order valence-electron chi connectivity index (χ1n) is 4.34. The molecule has 78 valence electrons. The van der Waals surface area contributed by atoms with Crippen LogP contribution in [0.15, 0.2) is 18.2 Å².